The molecule has 626 valence electrons. The molecule has 5 amide bonds. The molecule has 0 aromatic heterocycles. The Kier molecular flexibility index (Phi) is 34.3. The lowest BCUT2D eigenvalue weighted by molar-refractivity contribution is -0.375. The number of allylic oxidation sites excluding steroid dienone is 8. The minimum atomic E-state index is -5.85. The molecule has 0 radical (unpaired) electrons. The summed E-state index contributed by atoms with van der Waals surface area (Å²) in [5.74, 6) is -7.00. The van der Waals surface area contributed by atoms with E-state index in [0.29, 0.717) is 12.8 Å². The Morgan fingerprint density at radius 3 is 1.85 bits per heavy atom. The number of hydrogen-bond acceptors (Lipinski definition) is 32. The third-order valence-electron chi connectivity index (χ3n) is 19.6. The van der Waals surface area contributed by atoms with E-state index in [4.69, 9.17) is 72.6 Å². The lowest BCUT2D eigenvalue weighted by atomic mass is 9.85. The number of nitrogens with two attached hydrogens (primary N) is 2. The molecular formula is C70H112N5O34P. The van der Waals surface area contributed by atoms with Crippen molar-refractivity contribution in [1.29, 1.82) is 0 Å². The largest absolute Gasteiger partial charge is 0.479 e. The summed E-state index contributed by atoms with van der Waals surface area (Å²) >= 11 is 0. The summed E-state index contributed by atoms with van der Waals surface area (Å²) in [4.78, 5) is 102. The SMILES string of the molecule is C=C(C/C=C(\C)CCC=C(C)C)CCC(C)(C)/C=C/CC/C(C)=C\CO[C@H](COP(=O)(O)O[C@H]1OC(C(N)=O)[C@@](C)(O)C(OC(N)=O)C1O[C@@H]1OC(CO[C@@H]2OC(CO)[C@@H](O)C(O)C2O)[C@@H](O[C@@H]2OC(C)[C@@H](O[C@@H]3OC(C(=O)NC4C(=O)CC[C@@]4(C)O)[C@H](O)C(O)C3O)C(O)C2NC(C)=O)C(O)C1NC(C)=O)C(=O)O. The van der Waals surface area contributed by atoms with E-state index in [-0.39, 0.29) is 24.9 Å². The fourth-order valence-corrected chi connectivity index (χ4v) is 14.0. The van der Waals surface area contributed by atoms with Gasteiger partial charge >= 0.3 is 19.9 Å². The second-order valence-corrected chi connectivity index (χ2v) is 31.3. The molecule has 1 aliphatic carbocycles. The summed E-state index contributed by atoms with van der Waals surface area (Å²) in [5.41, 5.74) is 10.8. The standard InChI is InChI=1S/C70H112N5O34P/c1-31(2)16-15-18-32(3)19-20-34(5)21-25-68(9,10)24-14-13-17-33(4)23-27-97-41(61(90)91)30-99-110(95,96)109-66-55(57(108-67(72)92)70(12,94)58(107-66)59(71)88)106-63-43(74-37(8)78)46(82)53(40(102-63)29-98-64-50(86)47(83)44(80)39(28-76)101-64)104-62-42(73-36(7)77)45(81)52(35(6)100-62)103-65-51(87)48(84)49(85)54(105-65)60(89)75-56-38(79)22-26-69(56,11)93/h14,16,19,23-24,35,39-58,62-66,76,80-87,93-94H,5,13,15,17-18,20-22,25-30H2,1-4,6-12H3,(H2,71,88)(H2,72,92)(H,73,77)(H,74,78)(H,75,89)(H,90,91)(H,95,96)/b24-14+,32-19+,33-23-/t35?,39?,40?,41-,42?,43?,44-,45?,46?,47?,48?,49-,50?,51?,52-,53-,54?,55?,56?,57?,58?,62+,63+,64-,65-,66-,69-,70+/m1/s1. The van der Waals surface area contributed by atoms with Crippen LogP contribution in [-0.4, -0.2) is 305 Å². The quantitative estimate of drug-likeness (QED) is 0.0223. The van der Waals surface area contributed by atoms with Crippen LogP contribution in [0.1, 0.15) is 134 Å². The van der Waals surface area contributed by atoms with Crippen LogP contribution in [0.25, 0.3) is 0 Å². The number of hydrogen-bond donors (Lipinski definition) is 18. The third kappa shape index (κ3) is 25.4. The van der Waals surface area contributed by atoms with Gasteiger partial charge in [-0.1, -0.05) is 73.1 Å². The number of carboxylic acid groups (broad SMARTS) is 1. The Bertz CT molecular complexity index is 3330. The molecule has 6 fully saturated rings. The first kappa shape index (κ1) is 93.1. The summed E-state index contributed by atoms with van der Waals surface area (Å²) in [6, 6.07) is -5.48. The van der Waals surface area contributed by atoms with Gasteiger partial charge in [0.25, 0.3) is 5.91 Å². The first-order valence-electron chi connectivity index (χ1n) is 36.0. The van der Waals surface area contributed by atoms with Crippen LogP contribution in [0.5, 0.6) is 0 Å². The van der Waals surface area contributed by atoms with Crippen molar-refractivity contribution in [2.45, 2.75) is 305 Å². The van der Waals surface area contributed by atoms with Crippen LogP contribution in [0, 0.1) is 5.41 Å². The molecule has 29 atom stereocenters. The molecule has 5 heterocycles. The van der Waals surface area contributed by atoms with Gasteiger partial charge in [-0.25, -0.2) is 14.2 Å². The Balaban J connectivity index is 1.25. The first-order valence-corrected chi connectivity index (χ1v) is 37.5. The first-order chi connectivity index (χ1) is 51.2. The Morgan fingerprint density at radius 2 is 1.27 bits per heavy atom. The molecule has 1 saturated carbocycles. The van der Waals surface area contributed by atoms with Crippen LogP contribution in [-0.2, 0) is 94.5 Å². The Morgan fingerprint density at radius 1 is 0.700 bits per heavy atom. The number of carboxylic acids is 1. The highest BCUT2D eigenvalue weighted by atomic mass is 31.2. The number of ketones is 1. The number of nitrogens with one attached hydrogen (secondary N) is 3. The number of rotatable bonds is 37. The average molecular weight is 1600 g/mol. The van der Waals surface area contributed by atoms with Gasteiger partial charge in [0.2, 0.25) is 17.7 Å². The van der Waals surface area contributed by atoms with Crippen LogP contribution >= 0.6 is 7.82 Å². The molecule has 39 nitrogen and oxygen atoms in total. The Hall–Kier alpha value is -5.74. The van der Waals surface area contributed by atoms with Crippen molar-refractivity contribution >= 4 is 49.3 Å². The molecule has 0 bridgehead atoms. The number of aliphatic carboxylic acids is 1. The van der Waals surface area contributed by atoms with Crippen LogP contribution < -0.4 is 27.4 Å². The van der Waals surface area contributed by atoms with Crippen LogP contribution in [0.2, 0.25) is 0 Å². The zero-order valence-electron chi connectivity index (χ0n) is 63.3. The van der Waals surface area contributed by atoms with E-state index in [9.17, 15) is 104 Å². The molecule has 6 aliphatic rings. The summed E-state index contributed by atoms with van der Waals surface area (Å²) in [6.07, 6.45) is -35.2. The van der Waals surface area contributed by atoms with Crippen molar-refractivity contribution in [3.8, 4) is 0 Å². The zero-order chi connectivity index (χ0) is 82.4. The molecule has 6 rings (SSSR count). The molecule has 40 heteroatoms. The summed E-state index contributed by atoms with van der Waals surface area (Å²) in [5, 5.41) is 140. The average Bonchev–Trinajstić information content (AvgIpc) is 0.863. The highest BCUT2D eigenvalue weighted by Crippen LogP contribution is 2.49. The summed E-state index contributed by atoms with van der Waals surface area (Å²) in [7, 11) is -5.85. The predicted octanol–water partition coefficient (Wildman–Crippen LogP) is -2.68. The van der Waals surface area contributed by atoms with Crippen molar-refractivity contribution in [2.24, 2.45) is 16.9 Å². The van der Waals surface area contributed by atoms with Gasteiger partial charge in [0.15, 0.2) is 67.8 Å². The van der Waals surface area contributed by atoms with E-state index >= 15 is 0 Å². The van der Waals surface area contributed by atoms with Gasteiger partial charge in [0, 0.05) is 20.3 Å². The predicted molar refractivity (Wildman–Crippen MR) is 377 cm³/mol. The number of amides is 5. The highest BCUT2D eigenvalue weighted by Gasteiger charge is 2.63. The van der Waals surface area contributed by atoms with Crippen LogP contribution in [0.15, 0.2) is 59.3 Å². The minimum Gasteiger partial charge on any atom is -0.479 e. The van der Waals surface area contributed by atoms with Crippen LogP contribution in [0.3, 0.4) is 0 Å². The van der Waals surface area contributed by atoms with Gasteiger partial charge in [-0.15, -0.1) is 0 Å². The number of Topliss-reactive ketones (excluding diaryl/α,β-unsaturated/α-hetero) is 1. The molecule has 5 saturated heterocycles. The molecule has 0 aromatic rings. The molecular weight excluding hydrogens is 1490 g/mol. The van der Waals surface area contributed by atoms with Gasteiger partial charge in [-0.3, -0.25) is 33.0 Å². The second-order valence-electron chi connectivity index (χ2n) is 29.9. The van der Waals surface area contributed by atoms with Gasteiger partial charge in [-0.2, -0.15) is 0 Å². The number of carbonyl (C=O) groups excluding carboxylic acids is 6. The fraction of sp³-hybridized carbons (Fsp3) is 0.757. The number of carbonyl (C=O) groups is 7. The smallest absolute Gasteiger partial charge is 0.474 e. The monoisotopic (exact) mass is 1600 g/mol. The normalized spacial score (nSPS) is 37.4. The van der Waals surface area contributed by atoms with Crippen molar-refractivity contribution in [3.05, 3.63) is 59.3 Å². The zero-order valence-corrected chi connectivity index (χ0v) is 64.2. The lowest BCUT2D eigenvalue weighted by Crippen LogP contribution is -2.72. The maximum atomic E-state index is 14.1. The number of phosphoric acid groups is 1. The molecule has 0 spiro atoms. The number of primary amides is 2. The number of phosphoric ester groups is 1. The lowest BCUT2D eigenvalue weighted by Gasteiger charge is -2.52. The highest BCUT2D eigenvalue weighted by molar-refractivity contribution is 7.47. The topological polar surface area (TPSA) is 608 Å². The van der Waals surface area contributed by atoms with Crippen molar-refractivity contribution in [1.82, 2.24) is 16.0 Å². The van der Waals surface area contributed by atoms with Crippen LogP contribution in [0.4, 0.5) is 4.79 Å². The molecule has 20 N–H and O–H groups in total. The van der Waals surface area contributed by atoms with Crippen molar-refractivity contribution < 1.29 is 165 Å². The van der Waals surface area contributed by atoms with E-state index in [2.05, 4.69) is 75.4 Å². The minimum absolute atomic E-state index is 0.0422. The number of aliphatic hydroxyl groups is 11. The third-order valence-corrected chi connectivity index (χ3v) is 20.6. The Labute approximate surface area is 635 Å². The molecule has 5 aliphatic heterocycles. The van der Waals surface area contributed by atoms with E-state index in [0.717, 1.165) is 64.0 Å². The fourth-order valence-electron chi connectivity index (χ4n) is 13.1. The number of ether oxygens (including phenoxy) is 11. The summed E-state index contributed by atoms with van der Waals surface area (Å²) in [6.45, 7) is 18.1. The van der Waals surface area contributed by atoms with E-state index in [1.165, 1.54) is 25.0 Å². The van der Waals surface area contributed by atoms with Gasteiger partial charge in [0.1, 0.15) is 97.0 Å². The maximum Gasteiger partial charge on any atom is 0.474 e. The molecule has 17 unspecified atom stereocenters. The summed E-state index contributed by atoms with van der Waals surface area (Å²) < 4.78 is 89.1. The maximum absolute atomic E-state index is 14.1. The number of aliphatic hydroxyl groups excluding tert-OH is 9. The second kappa shape index (κ2) is 40.5. The molecule has 0 aromatic carbocycles. The van der Waals surface area contributed by atoms with Gasteiger partial charge in [0.05, 0.1) is 38.1 Å². The molecule has 110 heavy (non-hydrogen) atoms. The van der Waals surface area contributed by atoms with Crippen molar-refractivity contribution in [2.75, 3.05) is 26.4 Å². The van der Waals surface area contributed by atoms with E-state index < -0.39 is 240 Å². The van der Waals surface area contributed by atoms with E-state index in [1.807, 2.05) is 6.08 Å². The van der Waals surface area contributed by atoms with Gasteiger partial charge < -0.3 is 146 Å². The van der Waals surface area contributed by atoms with Crippen molar-refractivity contribution in [3.63, 3.8) is 0 Å². The van der Waals surface area contributed by atoms with Gasteiger partial charge in [-0.05, 0) is 105 Å². The van der Waals surface area contributed by atoms with E-state index in [1.54, 1.807) is 13.0 Å².